The van der Waals surface area contributed by atoms with E-state index >= 15 is 0 Å². The highest BCUT2D eigenvalue weighted by Crippen LogP contribution is 2.24. The van der Waals surface area contributed by atoms with Crippen LogP contribution in [0.2, 0.25) is 0 Å². The van der Waals surface area contributed by atoms with Crippen molar-refractivity contribution in [2.75, 3.05) is 14.2 Å². The number of rotatable bonds is 7. The Bertz CT molecular complexity index is 1240. The molecule has 2 aromatic carbocycles. The van der Waals surface area contributed by atoms with Crippen LogP contribution in [0.25, 0.3) is 11.1 Å². The maximum absolute atomic E-state index is 12.8. The van der Waals surface area contributed by atoms with Gasteiger partial charge in [-0.2, -0.15) is 0 Å². The monoisotopic (exact) mass is 576 g/mol. The minimum absolute atomic E-state index is 0.117. The fourth-order valence-corrected chi connectivity index (χ4v) is 4.23. The topological polar surface area (TPSA) is 86.6 Å². The molecule has 0 aliphatic carbocycles. The number of esters is 1. The number of ether oxygens (including phenoxy) is 2. The van der Waals surface area contributed by atoms with Gasteiger partial charge in [0.1, 0.15) is 11.8 Å². The first-order valence-corrected chi connectivity index (χ1v) is 11.5. The lowest BCUT2D eigenvalue weighted by molar-refractivity contribution is -0.142. The zero-order valence-electron chi connectivity index (χ0n) is 18.2. The van der Waals surface area contributed by atoms with E-state index in [1.54, 1.807) is 37.5 Å². The van der Waals surface area contributed by atoms with Gasteiger partial charge < -0.3 is 19.4 Å². The van der Waals surface area contributed by atoms with Gasteiger partial charge in [0.15, 0.2) is 0 Å². The molecule has 0 saturated carbocycles. The fourth-order valence-electron chi connectivity index (χ4n) is 3.36. The molecular formula is C24H22Br2N2O5. The van der Waals surface area contributed by atoms with E-state index in [-0.39, 0.29) is 12.0 Å². The first-order valence-electron chi connectivity index (χ1n) is 9.91. The lowest BCUT2D eigenvalue weighted by atomic mass is 10.0. The standard InChI is InChI=1S/C24H22Br2N2O5/c1-28-13-17(26)11-19(23(28)30)15-6-4-14(5-7-15)10-20(24(31)33-3)27-22(29)18-9-8-16(25)12-21(18)32-2/h4-9,11-13,20H,10H2,1-3H3,(H,27,29)/t20-/m0/s1. The summed E-state index contributed by atoms with van der Waals surface area (Å²) in [6.45, 7) is 0. The fraction of sp³-hybridized carbons (Fsp3) is 0.208. The Morgan fingerprint density at radius 1 is 1.03 bits per heavy atom. The smallest absolute Gasteiger partial charge is 0.328 e. The number of hydrogen-bond donors (Lipinski definition) is 1. The molecule has 7 nitrogen and oxygen atoms in total. The average Bonchev–Trinajstić information content (AvgIpc) is 2.80. The number of carbonyl (C=O) groups is 2. The van der Waals surface area contributed by atoms with E-state index in [2.05, 4.69) is 37.2 Å². The number of aryl methyl sites for hydroxylation is 1. The Hall–Kier alpha value is -2.91. The number of amides is 1. The molecule has 1 N–H and O–H groups in total. The molecule has 1 heterocycles. The van der Waals surface area contributed by atoms with Gasteiger partial charge in [0.05, 0.1) is 19.8 Å². The summed E-state index contributed by atoms with van der Waals surface area (Å²) in [5.74, 6) is -0.640. The van der Waals surface area contributed by atoms with Gasteiger partial charge in [0.2, 0.25) is 0 Å². The summed E-state index contributed by atoms with van der Waals surface area (Å²) in [7, 11) is 4.43. The van der Waals surface area contributed by atoms with Gasteiger partial charge in [-0.25, -0.2) is 4.79 Å². The van der Waals surface area contributed by atoms with Crippen LogP contribution >= 0.6 is 31.9 Å². The molecule has 0 aliphatic heterocycles. The first kappa shape index (κ1) is 24.7. The van der Waals surface area contributed by atoms with E-state index in [4.69, 9.17) is 9.47 Å². The van der Waals surface area contributed by atoms with Crippen LogP contribution in [0.1, 0.15) is 15.9 Å². The van der Waals surface area contributed by atoms with Crippen LogP contribution in [0.15, 0.2) is 68.5 Å². The highest BCUT2D eigenvalue weighted by molar-refractivity contribution is 9.10. The van der Waals surface area contributed by atoms with Gasteiger partial charge in [-0.1, -0.05) is 40.2 Å². The Kier molecular flexibility index (Phi) is 8.10. The molecule has 0 fully saturated rings. The van der Waals surface area contributed by atoms with Gasteiger partial charge in [0, 0.05) is 34.2 Å². The molecular weight excluding hydrogens is 556 g/mol. The average molecular weight is 578 g/mol. The summed E-state index contributed by atoms with van der Waals surface area (Å²) in [6.07, 6.45) is 1.91. The van der Waals surface area contributed by atoms with Gasteiger partial charge in [-0.05, 0) is 51.3 Å². The second-order valence-corrected chi connectivity index (χ2v) is 9.11. The number of nitrogens with zero attached hydrogens (tertiary/aromatic N) is 1. The van der Waals surface area contributed by atoms with E-state index in [9.17, 15) is 14.4 Å². The Labute approximate surface area is 208 Å². The Morgan fingerprint density at radius 2 is 1.73 bits per heavy atom. The van der Waals surface area contributed by atoms with E-state index in [0.29, 0.717) is 16.9 Å². The lowest BCUT2D eigenvalue weighted by Crippen LogP contribution is -2.43. The molecule has 0 aliphatic rings. The predicted octanol–water partition coefficient (Wildman–Crippen LogP) is 4.10. The van der Waals surface area contributed by atoms with Crippen molar-refractivity contribution in [1.29, 1.82) is 0 Å². The number of halogens is 2. The SMILES string of the molecule is COC(=O)[C@H](Cc1ccc(-c2cc(Br)cn(C)c2=O)cc1)NC(=O)c1ccc(Br)cc1OC. The molecule has 3 rings (SSSR count). The first-order chi connectivity index (χ1) is 15.7. The number of benzene rings is 2. The van der Waals surface area contributed by atoms with Crippen molar-refractivity contribution in [3.8, 4) is 16.9 Å². The van der Waals surface area contributed by atoms with Crippen LogP contribution in [0, 0.1) is 0 Å². The van der Waals surface area contributed by atoms with Crippen molar-refractivity contribution in [2.24, 2.45) is 7.05 Å². The summed E-state index contributed by atoms with van der Waals surface area (Å²) in [5.41, 5.74) is 2.28. The number of methoxy groups -OCH3 is 2. The molecule has 0 saturated heterocycles. The Morgan fingerprint density at radius 3 is 2.36 bits per heavy atom. The van der Waals surface area contributed by atoms with Gasteiger partial charge >= 0.3 is 5.97 Å². The molecule has 1 amide bonds. The van der Waals surface area contributed by atoms with Gasteiger partial charge in [-0.15, -0.1) is 0 Å². The number of hydrogen-bond acceptors (Lipinski definition) is 5. The summed E-state index contributed by atoms with van der Waals surface area (Å²) in [4.78, 5) is 37.7. The maximum Gasteiger partial charge on any atom is 0.328 e. The van der Waals surface area contributed by atoms with Crippen LogP contribution in [0.5, 0.6) is 5.75 Å². The predicted molar refractivity (Wildman–Crippen MR) is 132 cm³/mol. The molecule has 1 atom stereocenters. The zero-order chi connectivity index (χ0) is 24.1. The number of nitrogens with one attached hydrogen (secondary N) is 1. The quantitative estimate of drug-likeness (QED) is 0.427. The molecule has 0 spiro atoms. The van der Waals surface area contributed by atoms with Crippen LogP contribution < -0.4 is 15.6 Å². The molecule has 172 valence electrons. The maximum atomic E-state index is 12.8. The van der Waals surface area contributed by atoms with Crippen LogP contribution in [0.4, 0.5) is 0 Å². The van der Waals surface area contributed by atoms with Crippen LogP contribution in [0.3, 0.4) is 0 Å². The van der Waals surface area contributed by atoms with Gasteiger partial charge in [-0.3, -0.25) is 9.59 Å². The third kappa shape index (κ3) is 5.91. The minimum atomic E-state index is -0.902. The van der Waals surface area contributed by atoms with E-state index < -0.39 is 17.9 Å². The normalized spacial score (nSPS) is 11.5. The van der Waals surface area contributed by atoms with E-state index in [1.807, 2.05) is 24.3 Å². The van der Waals surface area contributed by atoms with Crippen molar-refractivity contribution >= 4 is 43.7 Å². The lowest BCUT2D eigenvalue weighted by Gasteiger charge is -2.18. The second kappa shape index (κ2) is 10.8. The van der Waals surface area contributed by atoms with Crippen molar-refractivity contribution in [1.82, 2.24) is 9.88 Å². The number of pyridine rings is 1. The van der Waals surface area contributed by atoms with E-state index in [1.165, 1.54) is 18.8 Å². The largest absolute Gasteiger partial charge is 0.496 e. The molecule has 9 heteroatoms. The molecule has 0 bridgehead atoms. The summed E-state index contributed by atoms with van der Waals surface area (Å²) in [6, 6.07) is 13.1. The third-order valence-corrected chi connectivity index (χ3v) is 5.98. The molecule has 1 aromatic heterocycles. The molecule has 0 radical (unpaired) electrons. The van der Waals surface area contributed by atoms with Crippen LogP contribution in [-0.2, 0) is 23.0 Å². The summed E-state index contributed by atoms with van der Waals surface area (Å²) >= 11 is 6.75. The number of carbonyl (C=O) groups excluding carboxylic acids is 2. The third-order valence-electron chi connectivity index (χ3n) is 5.05. The highest BCUT2D eigenvalue weighted by atomic mass is 79.9. The molecule has 33 heavy (non-hydrogen) atoms. The molecule has 0 unspecified atom stereocenters. The van der Waals surface area contributed by atoms with Crippen molar-refractivity contribution < 1.29 is 19.1 Å². The van der Waals surface area contributed by atoms with Crippen molar-refractivity contribution in [3.63, 3.8) is 0 Å². The van der Waals surface area contributed by atoms with Crippen molar-refractivity contribution in [3.05, 3.63) is 85.2 Å². The van der Waals surface area contributed by atoms with Gasteiger partial charge in [0.25, 0.3) is 11.5 Å². The zero-order valence-corrected chi connectivity index (χ0v) is 21.4. The highest BCUT2D eigenvalue weighted by Gasteiger charge is 2.24. The summed E-state index contributed by atoms with van der Waals surface area (Å²) in [5, 5.41) is 2.73. The number of aromatic nitrogens is 1. The Balaban J connectivity index is 1.82. The minimum Gasteiger partial charge on any atom is -0.496 e. The van der Waals surface area contributed by atoms with Crippen molar-refractivity contribution in [2.45, 2.75) is 12.5 Å². The van der Waals surface area contributed by atoms with E-state index in [0.717, 1.165) is 20.1 Å². The summed E-state index contributed by atoms with van der Waals surface area (Å²) < 4.78 is 13.2. The van der Waals surface area contributed by atoms with Crippen LogP contribution in [-0.4, -0.2) is 36.7 Å². The molecule has 3 aromatic rings. The second-order valence-electron chi connectivity index (χ2n) is 7.28.